The van der Waals surface area contributed by atoms with Crippen LogP contribution in [0.3, 0.4) is 0 Å². The van der Waals surface area contributed by atoms with E-state index in [0.717, 1.165) is 10.2 Å². The average Bonchev–Trinajstić information content (AvgIpc) is 2.61. The van der Waals surface area contributed by atoms with Crippen LogP contribution in [0.4, 0.5) is 0 Å². The van der Waals surface area contributed by atoms with Crippen molar-refractivity contribution in [2.75, 3.05) is 0 Å². The first-order valence-corrected chi connectivity index (χ1v) is 7.39. The van der Waals surface area contributed by atoms with E-state index in [0.29, 0.717) is 0 Å². The van der Waals surface area contributed by atoms with Gasteiger partial charge in [-0.2, -0.15) is 0 Å². The van der Waals surface area contributed by atoms with Gasteiger partial charge in [0.2, 0.25) is 0 Å². The summed E-state index contributed by atoms with van der Waals surface area (Å²) in [6.07, 6.45) is 0. The molecule has 0 saturated heterocycles. The molecule has 2 aromatic carbocycles. The monoisotopic (exact) mass is 258 g/mol. The van der Waals surface area contributed by atoms with Crippen molar-refractivity contribution in [3.63, 3.8) is 0 Å². The van der Waals surface area contributed by atoms with E-state index in [1.165, 1.54) is 38.6 Å². The van der Waals surface area contributed by atoms with Crippen molar-refractivity contribution in [3.8, 4) is 11.1 Å². The summed E-state index contributed by atoms with van der Waals surface area (Å²) in [5.41, 5.74) is 8.12. The van der Waals surface area contributed by atoms with Gasteiger partial charge in [-0.05, 0) is 47.2 Å². The van der Waals surface area contributed by atoms with E-state index in [1.54, 1.807) is 0 Å². The summed E-state index contributed by atoms with van der Waals surface area (Å²) in [6, 6.07) is 10.8. The van der Waals surface area contributed by atoms with Gasteiger partial charge in [0.05, 0.1) is 5.38 Å². The Morgan fingerprint density at radius 1 is 1.12 bits per heavy atom. The van der Waals surface area contributed by atoms with Crippen molar-refractivity contribution in [2.45, 2.75) is 19.2 Å². The van der Waals surface area contributed by atoms with E-state index < -0.39 is 0 Å². The molecule has 2 heteroatoms. The summed E-state index contributed by atoms with van der Waals surface area (Å²) in [7, 11) is 1.06. The van der Waals surface area contributed by atoms with Crippen LogP contribution in [0.15, 0.2) is 30.3 Å². The van der Waals surface area contributed by atoms with Crippen LogP contribution in [0.2, 0.25) is 0 Å². The molecule has 0 aromatic heterocycles. The van der Waals surface area contributed by atoms with Crippen LogP contribution in [0.5, 0.6) is 0 Å². The number of halogens is 1. The minimum atomic E-state index is 0.0491. The smallest absolute Gasteiger partial charge is 0.0846 e. The van der Waals surface area contributed by atoms with Gasteiger partial charge in [-0.1, -0.05) is 35.5 Å². The summed E-state index contributed by atoms with van der Waals surface area (Å²) in [5.74, 6) is 0. The molecule has 0 fully saturated rings. The first-order valence-electron chi connectivity index (χ1n) is 5.95. The number of aryl methyl sites for hydroxylation is 1. The number of hydrogen-bond acceptors (Lipinski definition) is 0. The van der Waals surface area contributed by atoms with E-state index >= 15 is 0 Å². The fraction of sp³-hybridized carbons (Fsp3) is 0.200. The van der Waals surface area contributed by atoms with Crippen LogP contribution in [-0.2, 0) is 0 Å². The van der Waals surface area contributed by atoms with Crippen LogP contribution in [0, 0.1) is 13.8 Å². The first kappa shape index (κ1) is 11.1. The molecule has 0 saturated carbocycles. The van der Waals surface area contributed by atoms with Crippen molar-refractivity contribution in [1.29, 1.82) is 0 Å². The highest BCUT2D eigenvalue weighted by molar-refractivity contribution is 6.37. The third kappa shape index (κ3) is 1.42. The average molecular weight is 259 g/mol. The summed E-state index contributed by atoms with van der Waals surface area (Å²) >= 11 is 6.63. The lowest BCUT2D eigenvalue weighted by Gasteiger charge is -2.13. The van der Waals surface area contributed by atoms with E-state index in [9.17, 15) is 0 Å². The summed E-state index contributed by atoms with van der Waals surface area (Å²) in [4.78, 5) is 0. The van der Waals surface area contributed by atoms with Gasteiger partial charge in [0.25, 0.3) is 0 Å². The minimum absolute atomic E-state index is 0.0491. The maximum atomic E-state index is 6.63. The van der Waals surface area contributed by atoms with Gasteiger partial charge in [-0.25, -0.2) is 0 Å². The molecule has 0 amide bonds. The summed E-state index contributed by atoms with van der Waals surface area (Å²) in [5, 5.41) is 1.53. The Bertz CT molecular complexity index is 617. The zero-order chi connectivity index (χ0) is 12.2. The van der Waals surface area contributed by atoms with Gasteiger partial charge in [0.15, 0.2) is 0 Å². The maximum Gasteiger partial charge on any atom is 0.0846 e. The van der Waals surface area contributed by atoms with E-state index in [2.05, 4.69) is 44.2 Å². The SMILES string of the molecule is Cc1cc2c(c([SiH3])c1C)C(Cl)c1ccccc1-2. The van der Waals surface area contributed by atoms with Crippen LogP contribution in [0.25, 0.3) is 11.1 Å². The second-order valence-corrected chi connectivity index (χ2v) is 6.29. The molecule has 17 heavy (non-hydrogen) atoms. The zero-order valence-electron chi connectivity index (χ0n) is 10.3. The van der Waals surface area contributed by atoms with Gasteiger partial charge < -0.3 is 0 Å². The molecule has 86 valence electrons. The number of benzene rings is 2. The second-order valence-electron chi connectivity index (χ2n) is 4.85. The molecule has 0 aliphatic heterocycles. The van der Waals surface area contributed by atoms with Crippen LogP contribution >= 0.6 is 11.6 Å². The lowest BCUT2D eigenvalue weighted by molar-refractivity contribution is 1.20. The highest BCUT2D eigenvalue weighted by Crippen LogP contribution is 2.46. The molecular weight excluding hydrogens is 244 g/mol. The predicted molar refractivity (Wildman–Crippen MR) is 78.6 cm³/mol. The molecule has 1 atom stereocenters. The lowest BCUT2D eigenvalue weighted by atomic mass is 9.99. The molecule has 0 heterocycles. The standard InChI is InChI=1S/C15H15ClSi/c1-8-7-12-10-5-3-4-6-11(10)14(16)13(12)15(17)9(8)2/h3-7,14H,1-2,17H3. The Kier molecular flexibility index (Phi) is 2.42. The van der Waals surface area contributed by atoms with Gasteiger partial charge >= 0.3 is 0 Å². The largest absolute Gasteiger partial charge is 0.113 e. The van der Waals surface area contributed by atoms with Crippen LogP contribution in [0.1, 0.15) is 27.6 Å². The van der Waals surface area contributed by atoms with E-state index in [-0.39, 0.29) is 5.38 Å². The van der Waals surface area contributed by atoms with E-state index in [1.807, 2.05) is 0 Å². The van der Waals surface area contributed by atoms with Gasteiger partial charge in [0, 0.05) is 10.2 Å². The molecule has 1 aliphatic rings. The fourth-order valence-electron chi connectivity index (χ4n) is 2.77. The Morgan fingerprint density at radius 3 is 2.59 bits per heavy atom. The fourth-order valence-corrected chi connectivity index (χ4v) is 4.38. The van der Waals surface area contributed by atoms with Crippen molar-refractivity contribution in [2.24, 2.45) is 0 Å². The molecule has 0 spiro atoms. The predicted octanol–water partition coefficient (Wildman–Crippen LogP) is 2.60. The first-order chi connectivity index (χ1) is 8.11. The molecule has 0 N–H and O–H groups in total. The molecule has 0 nitrogen and oxygen atoms in total. The maximum absolute atomic E-state index is 6.63. The summed E-state index contributed by atoms with van der Waals surface area (Å²) < 4.78 is 0. The van der Waals surface area contributed by atoms with E-state index in [4.69, 9.17) is 11.6 Å². The highest BCUT2D eigenvalue weighted by Gasteiger charge is 2.29. The van der Waals surface area contributed by atoms with Crippen LogP contribution < -0.4 is 5.19 Å². The highest BCUT2D eigenvalue weighted by atomic mass is 35.5. The third-order valence-electron chi connectivity index (χ3n) is 3.99. The Labute approximate surface area is 110 Å². The van der Waals surface area contributed by atoms with Crippen molar-refractivity contribution >= 4 is 27.0 Å². The third-order valence-corrected chi connectivity index (χ3v) is 5.73. The molecule has 1 aliphatic carbocycles. The van der Waals surface area contributed by atoms with Gasteiger partial charge in [0.1, 0.15) is 0 Å². The summed E-state index contributed by atoms with van der Waals surface area (Å²) in [6.45, 7) is 4.41. The second kappa shape index (κ2) is 3.72. The lowest BCUT2D eigenvalue weighted by Crippen LogP contribution is -2.16. The quantitative estimate of drug-likeness (QED) is 0.503. The van der Waals surface area contributed by atoms with Crippen molar-refractivity contribution in [1.82, 2.24) is 0 Å². The normalized spacial score (nSPS) is 17.0. The molecule has 0 bridgehead atoms. The number of hydrogen-bond donors (Lipinski definition) is 0. The molecule has 0 radical (unpaired) electrons. The van der Waals surface area contributed by atoms with Crippen LogP contribution in [-0.4, -0.2) is 10.2 Å². The molecular formula is C15H15ClSi. The zero-order valence-corrected chi connectivity index (χ0v) is 13.1. The van der Waals surface area contributed by atoms with Gasteiger partial charge in [-0.3, -0.25) is 0 Å². The molecule has 2 aromatic rings. The number of alkyl halides is 1. The molecule has 1 unspecified atom stereocenters. The minimum Gasteiger partial charge on any atom is -0.113 e. The topological polar surface area (TPSA) is 0 Å². The Hall–Kier alpha value is -1.05. The van der Waals surface area contributed by atoms with Crippen molar-refractivity contribution in [3.05, 3.63) is 52.6 Å². The number of fused-ring (bicyclic) bond motifs is 3. The Morgan fingerprint density at radius 2 is 1.82 bits per heavy atom. The molecule has 3 rings (SSSR count). The van der Waals surface area contributed by atoms with Crippen molar-refractivity contribution < 1.29 is 0 Å². The number of rotatable bonds is 0. The van der Waals surface area contributed by atoms with Gasteiger partial charge in [-0.15, -0.1) is 11.6 Å². The Balaban J connectivity index is 2.39.